The molecular weight excluding hydrogens is 136 g/mol. The van der Waals surface area contributed by atoms with E-state index in [9.17, 15) is 4.79 Å². The second-order valence-corrected chi connectivity index (χ2v) is 1.54. The van der Waals surface area contributed by atoms with Gasteiger partial charge in [-0.25, -0.2) is 4.99 Å². The molecule has 3 nitrogen and oxygen atoms in total. The van der Waals surface area contributed by atoms with Gasteiger partial charge in [-0.1, -0.05) is 0 Å². The second kappa shape index (κ2) is 5.41. The Hall–Kier alpha value is -0.730. The quantitative estimate of drug-likeness (QED) is 0.455. The first-order valence-corrected chi connectivity index (χ1v) is 3.02. The van der Waals surface area contributed by atoms with E-state index in [1.165, 1.54) is 0 Å². The Balaban J connectivity index is 3.38. The van der Waals surface area contributed by atoms with E-state index in [1.54, 1.807) is 0 Å². The molecule has 0 fully saturated rings. The fourth-order valence-electron chi connectivity index (χ4n) is 0.357. The molecule has 9 heavy (non-hydrogen) atoms. The molecule has 4 heteroatoms. The van der Waals surface area contributed by atoms with Crippen molar-refractivity contribution >= 4 is 23.3 Å². The van der Waals surface area contributed by atoms with Crippen LogP contribution in [0.1, 0.15) is 6.92 Å². The van der Waals surface area contributed by atoms with Crippen LogP contribution in [-0.2, 0) is 4.79 Å². The molecule has 0 bridgehead atoms. The summed E-state index contributed by atoms with van der Waals surface area (Å²) in [5, 5.41) is 4.67. The number of rotatable bonds is 3. The second-order valence-electron chi connectivity index (χ2n) is 1.36. The summed E-state index contributed by atoms with van der Waals surface area (Å²) in [5.74, 6) is -0.116. The monoisotopic (exact) mass is 144 g/mol. The summed E-state index contributed by atoms with van der Waals surface area (Å²) in [6.07, 6.45) is 0. The largest absolute Gasteiger partial charge is 0.355 e. The molecule has 0 heterocycles. The lowest BCUT2D eigenvalue weighted by atomic mass is 10.6. The molecule has 0 atom stereocenters. The molecule has 0 spiro atoms. The number of hydrogen-bond acceptors (Lipinski definition) is 3. The lowest BCUT2D eigenvalue weighted by molar-refractivity contribution is -0.119. The molecule has 0 saturated carbocycles. The molecule has 0 saturated heterocycles. The lowest BCUT2D eigenvalue weighted by Crippen LogP contribution is -2.24. The highest BCUT2D eigenvalue weighted by Gasteiger charge is 1.92. The molecule has 1 amide bonds. The number of nitrogens with one attached hydrogen (secondary N) is 1. The smallest absolute Gasteiger partial charge is 0.242 e. The fourth-order valence-corrected chi connectivity index (χ4v) is 0.422. The summed E-state index contributed by atoms with van der Waals surface area (Å²) >= 11 is 4.26. The summed E-state index contributed by atoms with van der Waals surface area (Å²) in [6.45, 7) is 2.57. The maximum atomic E-state index is 10.5. The zero-order valence-electron chi connectivity index (χ0n) is 5.18. The number of amides is 1. The maximum absolute atomic E-state index is 10.5. The summed E-state index contributed by atoms with van der Waals surface area (Å²) in [6, 6.07) is 0. The molecule has 0 unspecified atom stereocenters. The summed E-state index contributed by atoms with van der Waals surface area (Å²) in [5.41, 5.74) is 0. The summed E-state index contributed by atoms with van der Waals surface area (Å²) < 4.78 is 0. The van der Waals surface area contributed by atoms with Gasteiger partial charge in [-0.3, -0.25) is 4.79 Å². The van der Waals surface area contributed by atoms with Crippen LogP contribution in [0.2, 0.25) is 0 Å². The Morgan fingerprint density at radius 2 is 2.56 bits per heavy atom. The van der Waals surface area contributed by atoms with Gasteiger partial charge in [0, 0.05) is 6.54 Å². The minimum Gasteiger partial charge on any atom is -0.355 e. The van der Waals surface area contributed by atoms with Crippen molar-refractivity contribution in [2.45, 2.75) is 6.92 Å². The van der Waals surface area contributed by atoms with E-state index in [0.29, 0.717) is 6.54 Å². The number of thiocarbonyl (C=S) groups is 1. The average molecular weight is 144 g/mol. The number of carbonyl (C=O) groups excluding carboxylic acids is 1. The van der Waals surface area contributed by atoms with Gasteiger partial charge in [0.2, 0.25) is 5.91 Å². The topological polar surface area (TPSA) is 41.5 Å². The molecule has 50 valence electrons. The van der Waals surface area contributed by atoms with Crippen molar-refractivity contribution in [3.63, 3.8) is 0 Å². The molecule has 0 aliphatic carbocycles. The Morgan fingerprint density at radius 3 is 3.00 bits per heavy atom. The Bertz CT molecular complexity index is 140. The number of hydrogen-bond donors (Lipinski definition) is 1. The van der Waals surface area contributed by atoms with E-state index in [0.717, 1.165) is 0 Å². The minimum absolute atomic E-state index is 0.0946. The fraction of sp³-hybridized carbons (Fsp3) is 0.600. The Kier molecular flexibility index (Phi) is 4.97. The first kappa shape index (κ1) is 8.27. The molecule has 0 aromatic carbocycles. The highest BCUT2D eigenvalue weighted by Crippen LogP contribution is 1.67. The number of nitrogens with zero attached hydrogens (tertiary/aromatic N) is 1. The van der Waals surface area contributed by atoms with E-state index >= 15 is 0 Å². The van der Waals surface area contributed by atoms with Gasteiger partial charge in [-0.15, -0.1) is 0 Å². The Morgan fingerprint density at radius 1 is 1.89 bits per heavy atom. The van der Waals surface area contributed by atoms with Crippen molar-refractivity contribution in [3.05, 3.63) is 0 Å². The van der Waals surface area contributed by atoms with E-state index < -0.39 is 0 Å². The Labute approximate surface area is 59.2 Å². The third kappa shape index (κ3) is 5.14. The molecule has 0 aromatic heterocycles. The molecule has 0 rings (SSSR count). The lowest BCUT2D eigenvalue weighted by Gasteiger charge is -1.93. The predicted molar refractivity (Wildman–Crippen MR) is 38.6 cm³/mol. The summed E-state index contributed by atoms with van der Waals surface area (Å²) in [4.78, 5) is 14.0. The molecule has 0 aliphatic heterocycles. The van der Waals surface area contributed by atoms with Gasteiger partial charge < -0.3 is 5.32 Å². The number of aliphatic imine (C=N–C) groups is 1. The third-order valence-electron chi connectivity index (χ3n) is 0.661. The maximum Gasteiger partial charge on any atom is 0.242 e. The van der Waals surface area contributed by atoms with Gasteiger partial charge in [0.15, 0.2) is 0 Å². The van der Waals surface area contributed by atoms with Crippen molar-refractivity contribution in [2.24, 2.45) is 4.99 Å². The van der Waals surface area contributed by atoms with Crippen LogP contribution in [0.3, 0.4) is 0 Å². The SMILES string of the molecule is CCNC(=O)CN=C=S. The van der Waals surface area contributed by atoms with E-state index in [1.807, 2.05) is 6.92 Å². The first-order chi connectivity index (χ1) is 4.31. The van der Waals surface area contributed by atoms with Crippen LogP contribution >= 0.6 is 12.2 Å². The van der Waals surface area contributed by atoms with Crippen LogP contribution in [0.25, 0.3) is 0 Å². The molecule has 0 aromatic rings. The van der Waals surface area contributed by atoms with Crippen molar-refractivity contribution in [1.29, 1.82) is 0 Å². The zero-order valence-corrected chi connectivity index (χ0v) is 5.99. The van der Waals surface area contributed by atoms with E-state index in [2.05, 4.69) is 27.7 Å². The number of likely N-dealkylation sites (N-methyl/N-ethyl adjacent to an activating group) is 1. The average Bonchev–Trinajstić information content (AvgIpc) is 1.85. The molecule has 0 aliphatic rings. The normalized spacial score (nSPS) is 7.67. The van der Waals surface area contributed by atoms with Gasteiger partial charge in [0.1, 0.15) is 6.54 Å². The van der Waals surface area contributed by atoms with Gasteiger partial charge in [-0.2, -0.15) is 0 Å². The van der Waals surface area contributed by atoms with Crippen molar-refractivity contribution in [1.82, 2.24) is 5.32 Å². The molecule has 1 N–H and O–H groups in total. The van der Waals surface area contributed by atoms with Gasteiger partial charge in [0.25, 0.3) is 0 Å². The van der Waals surface area contributed by atoms with Crippen molar-refractivity contribution < 1.29 is 4.79 Å². The van der Waals surface area contributed by atoms with Crippen LogP contribution < -0.4 is 5.32 Å². The highest BCUT2D eigenvalue weighted by molar-refractivity contribution is 7.78. The van der Waals surface area contributed by atoms with Gasteiger partial charge in [-0.05, 0) is 19.1 Å². The van der Waals surface area contributed by atoms with Crippen LogP contribution in [0.5, 0.6) is 0 Å². The third-order valence-corrected chi connectivity index (χ3v) is 0.790. The van der Waals surface area contributed by atoms with E-state index in [4.69, 9.17) is 0 Å². The van der Waals surface area contributed by atoms with E-state index in [-0.39, 0.29) is 12.5 Å². The highest BCUT2D eigenvalue weighted by atomic mass is 32.1. The van der Waals surface area contributed by atoms with Gasteiger partial charge in [0.05, 0.1) is 5.16 Å². The predicted octanol–water partition coefficient (Wildman–Crippen LogP) is 0.225. The molecule has 0 radical (unpaired) electrons. The van der Waals surface area contributed by atoms with Crippen molar-refractivity contribution in [2.75, 3.05) is 13.1 Å². The standard InChI is InChI=1S/C5H8N2OS/c1-2-7-5(8)3-6-4-9/h2-3H2,1H3,(H,7,8). The summed E-state index contributed by atoms with van der Waals surface area (Å²) in [7, 11) is 0. The number of isothiocyanates is 1. The van der Waals surface area contributed by atoms with Gasteiger partial charge >= 0.3 is 0 Å². The number of carbonyl (C=O) groups is 1. The van der Waals surface area contributed by atoms with Crippen LogP contribution in [0, 0.1) is 0 Å². The minimum atomic E-state index is -0.116. The van der Waals surface area contributed by atoms with Crippen LogP contribution in [-0.4, -0.2) is 24.2 Å². The molecular formula is C5H8N2OS. The van der Waals surface area contributed by atoms with Crippen LogP contribution in [0.15, 0.2) is 4.99 Å². The first-order valence-electron chi connectivity index (χ1n) is 2.61. The van der Waals surface area contributed by atoms with Crippen molar-refractivity contribution in [3.8, 4) is 0 Å². The van der Waals surface area contributed by atoms with Crippen LogP contribution in [0.4, 0.5) is 0 Å². The zero-order chi connectivity index (χ0) is 7.11.